The van der Waals surface area contributed by atoms with Crippen molar-refractivity contribution in [3.8, 4) is 11.5 Å². The molecule has 3 aromatic carbocycles. The smallest absolute Gasteiger partial charge is 0.335 e. The number of carboxylic acids is 1. The number of carboxylic acid groups (broad SMARTS) is 1. The van der Waals surface area contributed by atoms with E-state index in [9.17, 15) is 9.59 Å². The standard InChI is InChI=1S/C26H20BrNO5S2/c1-2-32-21-12-18(13-23-24(29)28(26(34)35-23)19-6-4-3-5-7-19)20(27)14-22(21)33-15-16-8-10-17(11-9-16)25(30)31/h3-14H,2,15H2,1H3,(H,30,31)/b23-13+. The number of thiocarbonyl (C=S) groups is 1. The molecule has 1 amide bonds. The third-order valence-electron chi connectivity index (χ3n) is 5.05. The van der Waals surface area contributed by atoms with Gasteiger partial charge in [-0.25, -0.2) is 4.79 Å². The zero-order valence-electron chi connectivity index (χ0n) is 18.6. The van der Waals surface area contributed by atoms with Crippen LogP contribution in [0.3, 0.4) is 0 Å². The summed E-state index contributed by atoms with van der Waals surface area (Å²) < 4.78 is 13.0. The molecule has 0 atom stereocenters. The molecule has 1 fully saturated rings. The van der Waals surface area contributed by atoms with Gasteiger partial charge in [0.1, 0.15) is 6.61 Å². The highest BCUT2D eigenvalue weighted by Gasteiger charge is 2.33. The van der Waals surface area contributed by atoms with Crippen molar-refractivity contribution in [2.75, 3.05) is 11.5 Å². The van der Waals surface area contributed by atoms with E-state index in [1.807, 2.05) is 43.3 Å². The summed E-state index contributed by atoms with van der Waals surface area (Å²) in [7, 11) is 0. The summed E-state index contributed by atoms with van der Waals surface area (Å²) >= 11 is 10.3. The molecule has 0 bridgehead atoms. The fourth-order valence-electron chi connectivity index (χ4n) is 3.36. The zero-order valence-corrected chi connectivity index (χ0v) is 21.8. The highest BCUT2D eigenvalue weighted by molar-refractivity contribution is 9.10. The molecule has 1 N–H and O–H groups in total. The van der Waals surface area contributed by atoms with Gasteiger partial charge in [-0.3, -0.25) is 9.69 Å². The Morgan fingerprint density at radius 2 is 1.77 bits per heavy atom. The molecule has 0 aliphatic carbocycles. The van der Waals surface area contributed by atoms with Crippen molar-refractivity contribution in [3.63, 3.8) is 0 Å². The number of carbonyl (C=O) groups excluding carboxylic acids is 1. The van der Waals surface area contributed by atoms with Crippen molar-refractivity contribution in [2.24, 2.45) is 0 Å². The van der Waals surface area contributed by atoms with Crippen LogP contribution in [0, 0.1) is 0 Å². The van der Waals surface area contributed by atoms with Crippen LogP contribution >= 0.6 is 39.9 Å². The van der Waals surface area contributed by atoms with E-state index in [1.54, 1.807) is 24.3 Å². The molecule has 4 rings (SSSR count). The van der Waals surface area contributed by atoms with E-state index in [4.69, 9.17) is 26.8 Å². The molecular formula is C26H20BrNO5S2. The average Bonchev–Trinajstić information content (AvgIpc) is 3.13. The van der Waals surface area contributed by atoms with Gasteiger partial charge in [0.05, 0.1) is 22.8 Å². The van der Waals surface area contributed by atoms with Crippen molar-refractivity contribution in [2.45, 2.75) is 13.5 Å². The van der Waals surface area contributed by atoms with Crippen LogP contribution in [0.4, 0.5) is 5.69 Å². The number of halogens is 1. The number of aromatic carboxylic acids is 1. The number of carbonyl (C=O) groups is 2. The number of rotatable bonds is 8. The summed E-state index contributed by atoms with van der Waals surface area (Å²) in [6, 6.07) is 19.4. The maximum Gasteiger partial charge on any atom is 0.335 e. The summed E-state index contributed by atoms with van der Waals surface area (Å²) in [4.78, 5) is 26.1. The van der Waals surface area contributed by atoms with Gasteiger partial charge >= 0.3 is 5.97 Å². The topological polar surface area (TPSA) is 76.1 Å². The lowest BCUT2D eigenvalue weighted by molar-refractivity contribution is -0.113. The predicted molar refractivity (Wildman–Crippen MR) is 145 cm³/mol. The van der Waals surface area contributed by atoms with Gasteiger partial charge < -0.3 is 14.6 Å². The highest BCUT2D eigenvalue weighted by atomic mass is 79.9. The van der Waals surface area contributed by atoms with E-state index < -0.39 is 5.97 Å². The van der Waals surface area contributed by atoms with E-state index in [-0.39, 0.29) is 18.1 Å². The minimum Gasteiger partial charge on any atom is -0.490 e. The van der Waals surface area contributed by atoms with Gasteiger partial charge in [-0.05, 0) is 60.5 Å². The fourth-order valence-corrected chi connectivity index (χ4v) is 5.08. The molecule has 1 aliphatic rings. The van der Waals surface area contributed by atoms with Crippen LogP contribution in [0.25, 0.3) is 6.08 Å². The lowest BCUT2D eigenvalue weighted by Crippen LogP contribution is -2.27. The van der Waals surface area contributed by atoms with E-state index >= 15 is 0 Å². The molecule has 0 saturated carbocycles. The van der Waals surface area contributed by atoms with E-state index in [0.717, 1.165) is 21.3 Å². The molecule has 0 unspecified atom stereocenters. The Morgan fingerprint density at radius 1 is 1.09 bits per heavy atom. The van der Waals surface area contributed by atoms with Crippen LogP contribution in [0.15, 0.2) is 76.1 Å². The molecule has 0 radical (unpaired) electrons. The zero-order chi connectivity index (χ0) is 24.9. The Labute approximate surface area is 220 Å². The number of anilines is 1. The van der Waals surface area contributed by atoms with Gasteiger partial charge in [0, 0.05) is 4.47 Å². The first-order valence-corrected chi connectivity index (χ1v) is 12.6. The molecule has 1 heterocycles. The number of hydrogen-bond acceptors (Lipinski definition) is 6. The Hall–Kier alpha value is -3.14. The lowest BCUT2D eigenvalue weighted by Gasteiger charge is -2.15. The van der Waals surface area contributed by atoms with Gasteiger partial charge in [0.25, 0.3) is 5.91 Å². The Morgan fingerprint density at radius 3 is 2.43 bits per heavy atom. The summed E-state index contributed by atoms with van der Waals surface area (Å²) in [5.74, 6) is -0.102. The first-order valence-electron chi connectivity index (χ1n) is 10.6. The maximum atomic E-state index is 13.1. The third-order valence-corrected chi connectivity index (χ3v) is 7.04. The number of amides is 1. The minimum atomic E-state index is -0.976. The predicted octanol–water partition coefficient (Wildman–Crippen LogP) is 6.53. The molecule has 178 valence electrons. The molecule has 6 nitrogen and oxygen atoms in total. The van der Waals surface area contributed by atoms with Crippen LogP contribution in [-0.4, -0.2) is 27.9 Å². The summed E-state index contributed by atoms with van der Waals surface area (Å²) in [6.07, 6.45) is 1.78. The quantitative estimate of drug-likeness (QED) is 0.244. The molecule has 9 heteroatoms. The van der Waals surface area contributed by atoms with E-state index in [2.05, 4.69) is 15.9 Å². The molecule has 0 aromatic heterocycles. The number of ether oxygens (including phenoxy) is 2. The normalized spacial score (nSPS) is 14.5. The second-order valence-corrected chi connectivity index (χ2v) is 9.93. The van der Waals surface area contributed by atoms with Crippen LogP contribution < -0.4 is 14.4 Å². The van der Waals surface area contributed by atoms with Crippen LogP contribution in [-0.2, 0) is 11.4 Å². The van der Waals surface area contributed by atoms with Crippen LogP contribution in [0.1, 0.15) is 28.4 Å². The monoisotopic (exact) mass is 569 g/mol. The average molecular weight is 570 g/mol. The van der Waals surface area contributed by atoms with Gasteiger partial charge in [-0.1, -0.05) is 70.2 Å². The van der Waals surface area contributed by atoms with Crippen LogP contribution in [0.5, 0.6) is 11.5 Å². The Kier molecular flexibility index (Phi) is 7.90. The first kappa shape index (κ1) is 25.0. The minimum absolute atomic E-state index is 0.179. The van der Waals surface area contributed by atoms with Gasteiger partial charge in [-0.15, -0.1) is 0 Å². The van der Waals surface area contributed by atoms with Crippen molar-refractivity contribution in [1.82, 2.24) is 0 Å². The second kappa shape index (κ2) is 11.1. The summed E-state index contributed by atoms with van der Waals surface area (Å²) in [6.45, 7) is 2.55. The number of thioether (sulfide) groups is 1. The lowest BCUT2D eigenvalue weighted by atomic mass is 10.1. The SMILES string of the molecule is CCOc1cc(/C=C2/SC(=S)N(c3ccccc3)C2=O)c(Br)cc1OCc1ccc(C(=O)O)cc1. The highest BCUT2D eigenvalue weighted by Crippen LogP contribution is 2.39. The van der Waals surface area contributed by atoms with Crippen LogP contribution in [0.2, 0.25) is 0 Å². The van der Waals surface area contributed by atoms with Gasteiger partial charge in [-0.2, -0.15) is 0 Å². The first-order chi connectivity index (χ1) is 16.9. The van der Waals surface area contributed by atoms with Crippen molar-refractivity contribution < 1.29 is 24.2 Å². The fraction of sp³-hybridized carbons (Fsp3) is 0.115. The van der Waals surface area contributed by atoms with Crippen molar-refractivity contribution in [1.29, 1.82) is 0 Å². The molecule has 1 aliphatic heterocycles. The van der Waals surface area contributed by atoms with Crippen molar-refractivity contribution >= 4 is 67.9 Å². The molecule has 0 spiro atoms. The number of para-hydroxylation sites is 1. The summed E-state index contributed by atoms with van der Waals surface area (Å²) in [5.41, 5.74) is 2.52. The molecule has 35 heavy (non-hydrogen) atoms. The number of nitrogens with zero attached hydrogens (tertiary/aromatic N) is 1. The van der Waals surface area contributed by atoms with Crippen molar-refractivity contribution in [3.05, 3.63) is 92.8 Å². The molecular weight excluding hydrogens is 550 g/mol. The molecule has 3 aromatic rings. The number of benzene rings is 3. The van der Waals surface area contributed by atoms with E-state index in [0.29, 0.717) is 27.3 Å². The maximum absolute atomic E-state index is 13.1. The largest absolute Gasteiger partial charge is 0.490 e. The molecule has 1 saturated heterocycles. The number of hydrogen-bond donors (Lipinski definition) is 1. The van der Waals surface area contributed by atoms with Gasteiger partial charge in [0.2, 0.25) is 0 Å². The van der Waals surface area contributed by atoms with E-state index in [1.165, 1.54) is 28.8 Å². The van der Waals surface area contributed by atoms with Gasteiger partial charge in [0.15, 0.2) is 15.8 Å². The Bertz CT molecular complexity index is 1310. The summed E-state index contributed by atoms with van der Waals surface area (Å²) in [5, 5.41) is 9.05. The Balaban J connectivity index is 1.57. The second-order valence-electron chi connectivity index (χ2n) is 7.40. The third kappa shape index (κ3) is 5.75.